The second-order valence-corrected chi connectivity index (χ2v) is 8.71. The molecule has 3 aromatic heterocycles. The van der Waals surface area contributed by atoms with Gasteiger partial charge in [0.2, 0.25) is 11.7 Å². The Labute approximate surface area is 216 Å². The van der Waals surface area contributed by atoms with Crippen molar-refractivity contribution in [3.8, 4) is 11.1 Å². The summed E-state index contributed by atoms with van der Waals surface area (Å²) in [4.78, 5) is 30.9. The number of pyridine rings is 1. The van der Waals surface area contributed by atoms with Crippen LogP contribution in [0.3, 0.4) is 0 Å². The molecule has 3 heterocycles. The second kappa shape index (κ2) is 11.1. The molecule has 11 nitrogen and oxygen atoms in total. The first kappa shape index (κ1) is 25.0. The Morgan fingerprint density at radius 3 is 2.67 bits per heavy atom. The van der Waals surface area contributed by atoms with E-state index in [4.69, 9.17) is 28.9 Å². The quantitative estimate of drug-likeness (QED) is 0.154. The third-order valence-electron chi connectivity index (χ3n) is 5.26. The van der Waals surface area contributed by atoms with E-state index in [9.17, 15) is 14.9 Å². The number of halogens is 2. The molecule has 4 rings (SSSR count). The number of carbonyl (C=O) groups excluding carboxylic acids is 1. The van der Waals surface area contributed by atoms with Gasteiger partial charge in [0.1, 0.15) is 12.4 Å². The van der Waals surface area contributed by atoms with Crippen LogP contribution < -0.4 is 16.4 Å². The summed E-state index contributed by atoms with van der Waals surface area (Å²) in [6.45, 7) is 1.28. The molecule has 4 aromatic rings. The summed E-state index contributed by atoms with van der Waals surface area (Å²) < 4.78 is 3.62. The summed E-state index contributed by atoms with van der Waals surface area (Å²) in [5, 5.41) is 17.9. The maximum absolute atomic E-state index is 12.6. The molecule has 186 valence electrons. The average molecular weight is 529 g/mol. The van der Waals surface area contributed by atoms with Crippen molar-refractivity contribution in [3.05, 3.63) is 81.6 Å². The number of imidazole rings is 1. The SMILES string of the molecule is Nc1nc(NCCCn2cc(NC(=O)Cn3ccnc3)c(-c3ccc(Cl)cc3Cl)c2)ccc1[N+](=O)[O-]. The number of carbonyl (C=O) groups is 1. The van der Waals surface area contributed by atoms with Crippen LogP contribution in [0.2, 0.25) is 10.0 Å². The number of nitro groups is 1. The predicted octanol–water partition coefficient (Wildman–Crippen LogP) is 4.68. The largest absolute Gasteiger partial charge is 0.378 e. The highest BCUT2D eigenvalue weighted by molar-refractivity contribution is 6.36. The van der Waals surface area contributed by atoms with Crippen molar-refractivity contribution >= 4 is 52.1 Å². The number of hydrogen-bond acceptors (Lipinski definition) is 7. The number of amides is 1. The van der Waals surface area contributed by atoms with Gasteiger partial charge in [-0.25, -0.2) is 9.97 Å². The smallest absolute Gasteiger partial charge is 0.311 e. The van der Waals surface area contributed by atoms with Crippen molar-refractivity contribution in [2.75, 3.05) is 22.9 Å². The lowest BCUT2D eigenvalue weighted by atomic mass is 10.1. The van der Waals surface area contributed by atoms with Crippen molar-refractivity contribution in [1.29, 1.82) is 0 Å². The van der Waals surface area contributed by atoms with Crippen molar-refractivity contribution < 1.29 is 9.72 Å². The van der Waals surface area contributed by atoms with Crippen LogP contribution >= 0.6 is 23.2 Å². The third kappa shape index (κ3) is 6.12. The summed E-state index contributed by atoms with van der Waals surface area (Å²) in [5.41, 5.74) is 7.52. The Bertz CT molecular complexity index is 1390. The van der Waals surface area contributed by atoms with E-state index in [0.717, 1.165) is 11.1 Å². The molecule has 0 atom stereocenters. The second-order valence-electron chi connectivity index (χ2n) is 7.87. The molecule has 0 aliphatic heterocycles. The topological polar surface area (TPSA) is 146 Å². The summed E-state index contributed by atoms with van der Waals surface area (Å²) >= 11 is 12.5. The Morgan fingerprint density at radius 2 is 1.97 bits per heavy atom. The predicted molar refractivity (Wildman–Crippen MR) is 139 cm³/mol. The van der Waals surface area contributed by atoms with E-state index >= 15 is 0 Å². The zero-order chi connectivity index (χ0) is 25.7. The standard InChI is InChI=1S/C23H22Cl2N8O3/c24-15-2-3-16(18(25)10-15)17-11-31(12-19(17)29-22(34)13-32-9-7-27-14-32)8-1-6-28-21-5-4-20(33(35)36)23(26)30-21/h2-5,7,9-12,14H,1,6,8,13H2,(H,29,34)(H3,26,28,30). The van der Waals surface area contributed by atoms with Crippen molar-refractivity contribution in [1.82, 2.24) is 19.1 Å². The van der Waals surface area contributed by atoms with E-state index in [1.165, 1.54) is 12.1 Å². The minimum Gasteiger partial charge on any atom is -0.378 e. The highest BCUT2D eigenvalue weighted by Gasteiger charge is 2.16. The Balaban J connectivity index is 1.45. The van der Waals surface area contributed by atoms with E-state index < -0.39 is 4.92 Å². The molecular formula is C23H22Cl2N8O3. The van der Waals surface area contributed by atoms with Gasteiger partial charge in [0.25, 0.3) is 0 Å². The van der Waals surface area contributed by atoms with Gasteiger partial charge in [0, 0.05) is 60.1 Å². The molecule has 4 N–H and O–H groups in total. The van der Waals surface area contributed by atoms with Crippen LogP contribution in [0.15, 0.2) is 61.4 Å². The highest BCUT2D eigenvalue weighted by Crippen LogP contribution is 2.36. The van der Waals surface area contributed by atoms with Crippen LogP contribution in [-0.2, 0) is 17.9 Å². The first-order valence-electron chi connectivity index (χ1n) is 10.9. The molecule has 36 heavy (non-hydrogen) atoms. The number of nitrogens with two attached hydrogens (primary N) is 1. The van der Waals surface area contributed by atoms with Crippen LogP contribution in [0, 0.1) is 10.1 Å². The molecule has 1 amide bonds. The molecular weight excluding hydrogens is 507 g/mol. The van der Waals surface area contributed by atoms with E-state index in [2.05, 4.69) is 20.6 Å². The molecule has 0 saturated heterocycles. The fraction of sp³-hybridized carbons (Fsp3) is 0.174. The molecule has 0 spiro atoms. The van der Waals surface area contributed by atoms with Gasteiger partial charge in [0.15, 0.2) is 0 Å². The molecule has 0 unspecified atom stereocenters. The lowest BCUT2D eigenvalue weighted by Gasteiger charge is -2.09. The number of hydrogen-bond donors (Lipinski definition) is 3. The number of aryl methyl sites for hydroxylation is 1. The van der Waals surface area contributed by atoms with Gasteiger partial charge in [0.05, 0.1) is 22.0 Å². The minimum absolute atomic E-state index is 0.119. The molecule has 0 aliphatic carbocycles. The number of nitrogens with one attached hydrogen (secondary N) is 2. The van der Waals surface area contributed by atoms with Crippen molar-refractivity contribution in [2.24, 2.45) is 0 Å². The summed E-state index contributed by atoms with van der Waals surface area (Å²) in [6, 6.07) is 8.03. The molecule has 0 radical (unpaired) electrons. The zero-order valence-electron chi connectivity index (χ0n) is 18.9. The van der Waals surface area contributed by atoms with Gasteiger partial charge >= 0.3 is 5.69 Å². The first-order valence-corrected chi connectivity index (χ1v) is 11.6. The van der Waals surface area contributed by atoms with Crippen LogP contribution in [0.5, 0.6) is 0 Å². The van der Waals surface area contributed by atoms with Gasteiger partial charge in [-0.3, -0.25) is 14.9 Å². The van der Waals surface area contributed by atoms with E-state index in [0.29, 0.717) is 41.1 Å². The Kier molecular flexibility index (Phi) is 7.71. The van der Waals surface area contributed by atoms with Crippen molar-refractivity contribution in [2.45, 2.75) is 19.5 Å². The molecule has 13 heteroatoms. The third-order valence-corrected chi connectivity index (χ3v) is 5.81. The summed E-state index contributed by atoms with van der Waals surface area (Å²) in [7, 11) is 0. The van der Waals surface area contributed by atoms with Gasteiger partial charge in [-0.15, -0.1) is 0 Å². The Morgan fingerprint density at radius 1 is 1.14 bits per heavy atom. The van der Waals surface area contributed by atoms with Crippen LogP contribution in [0.25, 0.3) is 11.1 Å². The monoisotopic (exact) mass is 528 g/mol. The molecule has 0 bridgehead atoms. The first-order chi connectivity index (χ1) is 17.3. The van der Waals surface area contributed by atoms with E-state index in [1.54, 1.807) is 35.4 Å². The summed E-state index contributed by atoms with van der Waals surface area (Å²) in [5.74, 6) is 0.100. The highest BCUT2D eigenvalue weighted by atomic mass is 35.5. The number of nitrogen functional groups attached to an aromatic ring is 1. The van der Waals surface area contributed by atoms with E-state index in [1.807, 2.05) is 23.0 Å². The molecule has 0 fully saturated rings. The van der Waals surface area contributed by atoms with Crippen LogP contribution in [0.1, 0.15) is 6.42 Å². The van der Waals surface area contributed by atoms with Gasteiger partial charge in [-0.1, -0.05) is 29.3 Å². The van der Waals surface area contributed by atoms with Gasteiger partial charge in [-0.2, -0.15) is 0 Å². The molecule has 0 saturated carbocycles. The van der Waals surface area contributed by atoms with E-state index in [-0.39, 0.29) is 24.0 Å². The number of benzene rings is 1. The fourth-order valence-electron chi connectivity index (χ4n) is 3.59. The number of rotatable bonds is 10. The fourth-order valence-corrected chi connectivity index (χ4v) is 4.10. The van der Waals surface area contributed by atoms with Gasteiger partial charge < -0.3 is 25.5 Å². The lowest BCUT2D eigenvalue weighted by molar-refractivity contribution is -0.384. The normalized spacial score (nSPS) is 10.8. The number of nitrogens with zero attached hydrogens (tertiary/aromatic N) is 5. The van der Waals surface area contributed by atoms with Crippen molar-refractivity contribution in [3.63, 3.8) is 0 Å². The number of anilines is 3. The van der Waals surface area contributed by atoms with Crippen LogP contribution in [0.4, 0.5) is 23.0 Å². The zero-order valence-corrected chi connectivity index (χ0v) is 20.4. The minimum atomic E-state index is -0.575. The maximum atomic E-state index is 12.6. The Hall–Kier alpha value is -4.09. The number of aromatic nitrogens is 4. The average Bonchev–Trinajstić information content (AvgIpc) is 3.46. The summed E-state index contributed by atoms with van der Waals surface area (Å²) in [6.07, 6.45) is 9.34. The molecule has 1 aromatic carbocycles. The maximum Gasteiger partial charge on any atom is 0.311 e. The lowest BCUT2D eigenvalue weighted by Crippen LogP contribution is -2.18. The van der Waals surface area contributed by atoms with Crippen LogP contribution in [-0.4, -0.2) is 36.5 Å². The van der Waals surface area contributed by atoms with Gasteiger partial charge in [-0.05, 0) is 24.6 Å². The molecule has 0 aliphatic rings.